The van der Waals surface area contributed by atoms with Crippen molar-refractivity contribution in [2.75, 3.05) is 0 Å². The summed E-state index contributed by atoms with van der Waals surface area (Å²) in [5, 5.41) is 0. The van der Waals surface area contributed by atoms with Gasteiger partial charge in [0.2, 0.25) is 0 Å². The number of fused-ring (bicyclic) bond motifs is 3. The van der Waals surface area contributed by atoms with E-state index < -0.39 is 0 Å². The lowest BCUT2D eigenvalue weighted by atomic mass is 9.58. The van der Waals surface area contributed by atoms with Crippen molar-refractivity contribution in [1.82, 2.24) is 0 Å². The summed E-state index contributed by atoms with van der Waals surface area (Å²) < 4.78 is 0. The molecule has 28 heavy (non-hydrogen) atoms. The Bertz CT molecular complexity index is 1160. The lowest BCUT2D eigenvalue weighted by Crippen LogP contribution is -2.27. The van der Waals surface area contributed by atoms with Crippen molar-refractivity contribution >= 4 is 37.8 Å². The van der Waals surface area contributed by atoms with Gasteiger partial charge in [0.1, 0.15) is 0 Å². The highest BCUT2D eigenvalue weighted by atomic mass is 79.9. The fraction of sp³-hybridized carbons (Fsp3) is 0. The van der Waals surface area contributed by atoms with Gasteiger partial charge in [-0.15, -0.1) is 15.8 Å². The van der Waals surface area contributed by atoms with Crippen LogP contribution in [0.25, 0.3) is 22.2 Å². The summed E-state index contributed by atoms with van der Waals surface area (Å²) in [7, 11) is 0. The molecule has 0 fully saturated rings. The molecule has 0 N–H and O–H groups in total. The van der Waals surface area contributed by atoms with Crippen LogP contribution in [0.2, 0.25) is 0 Å². The van der Waals surface area contributed by atoms with Crippen molar-refractivity contribution in [1.29, 1.82) is 0 Å². The smallest absolute Gasteiger partial charge is 0.143 e. The van der Waals surface area contributed by atoms with Gasteiger partial charge in [-0.1, -0.05) is 115 Å². The molecular weight excluding hydrogens is 403 g/mol. The first-order valence-corrected chi connectivity index (χ1v) is 10.4. The summed E-state index contributed by atoms with van der Waals surface area (Å²) in [5.74, 6) is 0. The highest BCUT2D eigenvalue weighted by Crippen LogP contribution is 2.42. The Morgan fingerprint density at radius 1 is 0.464 bits per heavy atom. The molecule has 0 amide bonds. The number of rotatable bonds is 2. The zero-order chi connectivity index (χ0) is 18.9. The second-order valence-electron chi connectivity index (χ2n) is 7.02. The van der Waals surface area contributed by atoms with E-state index in [4.69, 9.17) is 0 Å². The maximum absolute atomic E-state index is 4.08. The zero-order valence-corrected chi connectivity index (χ0v) is 16.9. The van der Waals surface area contributed by atoms with E-state index in [0.717, 1.165) is 0 Å². The maximum atomic E-state index is 4.08. The number of hydrogen-bond donors (Lipinski definition) is 0. The Morgan fingerprint density at radius 2 is 0.964 bits per heavy atom. The zero-order valence-electron chi connectivity index (χ0n) is 15.3. The SMILES string of the molecule is BrB1C(c2ccccc2)=C(c2ccccc2)c2ccccc2-c2ccccc21. The van der Waals surface area contributed by atoms with Crippen LogP contribution >= 0.6 is 15.8 Å². The molecule has 2 heteroatoms. The molecule has 0 atom stereocenters. The molecule has 0 aromatic heterocycles. The molecule has 1 aliphatic heterocycles. The first kappa shape index (κ1) is 17.3. The summed E-state index contributed by atoms with van der Waals surface area (Å²) in [5.41, 5.74) is 10.4. The van der Waals surface area contributed by atoms with Gasteiger partial charge >= 0.3 is 0 Å². The summed E-state index contributed by atoms with van der Waals surface area (Å²) in [6, 6.07) is 39.0. The molecule has 1 aliphatic rings. The van der Waals surface area contributed by atoms with Crippen molar-refractivity contribution in [2.24, 2.45) is 0 Å². The van der Waals surface area contributed by atoms with Crippen molar-refractivity contribution in [2.45, 2.75) is 0 Å². The van der Waals surface area contributed by atoms with Crippen LogP contribution in [0.1, 0.15) is 16.7 Å². The predicted octanol–water partition coefficient (Wildman–Crippen LogP) is 6.46. The van der Waals surface area contributed by atoms with Gasteiger partial charge in [-0.2, -0.15) is 0 Å². The normalized spacial score (nSPS) is 13.0. The molecular formula is C26H18BBr. The van der Waals surface area contributed by atoms with Gasteiger partial charge in [0.05, 0.1) is 0 Å². The van der Waals surface area contributed by atoms with Gasteiger partial charge in [-0.05, 0) is 38.9 Å². The van der Waals surface area contributed by atoms with Gasteiger partial charge < -0.3 is 0 Å². The second kappa shape index (κ2) is 7.29. The van der Waals surface area contributed by atoms with E-state index in [9.17, 15) is 0 Å². The molecule has 0 spiro atoms. The molecule has 0 unspecified atom stereocenters. The number of halogens is 1. The Kier molecular flexibility index (Phi) is 4.50. The highest BCUT2D eigenvalue weighted by molar-refractivity contribution is 9.25. The molecule has 0 aliphatic carbocycles. The van der Waals surface area contributed by atoms with Crippen molar-refractivity contribution in [3.05, 3.63) is 126 Å². The molecule has 0 saturated heterocycles. The third-order valence-corrected chi connectivity index (χ3v) is 6.34. The third kappa shape index (κ3) is 2.85. The molecule has 132 valence electrons. The average molecular weight is 421 g/mol. The quantitative estimate of drug-likeness (QED) is 0.326. The Morgan fingerprint density at radius 3 is 1.64 bits per heavy atom. The molecule has 5 rings (SSSR count). The van der Waals surface area contributed by atoms with Crippen LogP contribution in [0.3, 0.4) is 0 Å². The Balaban J connectivity index is 1.94. The first-order valence-electron chi connectivity index (χ1n) is 9.52. The van der Waals surface area contributed by atoms with Crippen molar-refractivity contribution < 1.29 is 0 Å². The third-order valence-electron chi connectivity index (χ3n) is 5.39. The fourth-order valence-corrected chi connectivity index (χ4v) is 5.04. The molecule has 0 radical (unpaired) electrons. The Hall–Kier alpha value is -2.84. The standard InChI is InChI=1S/C26H18BBr/c28-27-24-18-10-9-16-22(24)21-15-7-8-17-23(21)25(19-11-3-1-4-12-19)26(27)20-13-5-2-6-14-20/h1-18H. The molecule has 0 nitrogen and oxygen atoms in total. The molecule has 4 aromatic carbocycles. The lowest BCUT2D eigenvalue weighted by molar-refractivity contribution is 1.54. The van der Waals surface area contributed by atoms with Crippen LogP contribution in [0.5, 0.6) is 0 Å². The largest absolute Gasteiger partial charge is 0.289 e. The van der Waals surface area contributed by atoms with Crippen LogP contribution in [0, 0.1) is 0 Å². The molecule has 0 saturated carbocycles. The number of benzene rings is 4. The van der Waals surface area contributed by atoms with Crippen LogP contribution in [-0.2, 0) is 0 Å². The minimum absolute atomic E-state index is 0.105. The Labute approximate surface area is 174 Å². The second-order valence-corrected chi connectivity index (χ2v) is 7.93. The van der Waals surface area contributed by atoms with E-state index in [1.807, 2.05) is 0 Å². The van der Waals surface area contributed by atoms with E-state index in [2.05, 4.69) is 125 Å². The van der Waals surface area contributed by atoms with Gasteiger partial charge in [-0.3, -0.25) is 0 Å². The van der Waals surface area contributed by atoms with Crippen LogP contribution in [0.4, 0.5) is 0 Å². The lowest BCUT2D eigenvalue weighted by Gasteiger charge is -2.18. The average Bonchev–Trinajstić information content (AvgIpc) is 2.88. The first-order chi connectivity index (χ1) is 13.8. The fourth-order valence-electron chi connectivity index (χ4n) is 4.15. The minimum atomic E-state index is 0.105. The van der Waals surface area contributed by atoms with Crippen LogP contribution < -0.4 is 5.46 Å². The molecule has 0 bridgehead atoms. The monoisotopic (exact) mass is 420 g/mol. The van der Waals surface area contributed by atoms with Gasteiger partial charge in [0.15, 0.2) is 0 Å². The van der Waals surface area contributed by atoms with Crippen LogP contribution in [0.15, 0.2) is 109 Å². The van der Waals surface area contributed by atoms with Crippen molar-refractivity contribution in [3.63, 3.8) is 0 Å². The van der Waals surface area contributed by atoms with Crippen LogP contribution in [-0.4, -0.2) is 5.54 Å². The summed E-state index contributed by atoms with van der Waals surface area (Å²) in [6.45, 7) is 0. The highest BCUT2D eigenvalue weighted by Gasteiger charge is 2.31. The number of hydrogen-bond acceptors (Lipinski definition) is 0. The summed E-state index contributed by atoms with van der Waals surface area (Å²) in [4.78, 5) is 0. The minimum Gasteiger partial charge on any atom is -0.143 e. The maximum Gasteiger partial charge on any atom is 0.289 e. The molecule has 4 aromatic rings. The summed E-state index contributed by atoms with van der Waals surface area (Å²) in [6.07, 6.45) is 0. The van der Waals surface area contributed by atoms with E-state index in [0.29, 0.717) is 0 Å². The molecule has 1 heterocycles. The topological polar surface area (TPSA) is 0 Å². The predicted molar refractivity (Wildman–Crippen MR) is 125 cm³/mol. The summed E-state index contributed by atoms with van der Waals surface area (Å²) >= 11 is 4.08. The van der Waals surface area contributed by atoms with E-state index in [-0.39, 0.29) is 5.54 Å². The van der Waals surface area contributed by atoms with Gasteiger partial charge in [0.25, 0.3) is 5.54 Å². The van der Waals surface area contributed by atoms with E-state index >= 15 is 0 Å². The van der Waals surface area contributed by atoms with E-state index in [1.54, 1.807) is 0 Å². The van der Waals surface area contributed by atoms with E-state index in [1.165, 1.54) is 44.3 Å². The van der Waals surface area contributed by atoms with Crippen molar-refractivity contribution in [3.8, 4) is 11.1 Å². The van der Waals surface area contributed by atoms with Gasteiger partial charge in [-0.25, -0.2) is 0 Å². The van der Waals surface area contributed by atoms with Gasteiger partial charge in [0, 0.05) is 0 Å².